The summed E-state index contributed by atoms with van der Waals surface area (Å²) in [4.78, 5) is 14.4. The van der Waals surface area contributed by atoms with Crippen molar-refractivity contribution in [2.24, 2.45) is 0 Å². The maximum absolute atomic E-state index is 12.2. The second-order valence-electron chi connectivity index (χ2n) is 4.95. The summed E-state index contributed by atoms with van der Waals surface area (Å²) in [5, 5.41) is 10.5. The van der Waals surface area contributed by atoms with Crippen LogP contribution in [0.4, 0.5) is 5.82 Å². The van der Waals surface area contributed by atoms with Gasteiger partial charge >= 0.3 is 0 Å². The highest BCUT2D eigenvalue weighted by Crippen LogP contribution is 2.24. The topological polar surface area (TPSA) is 61.0 Å². The molecule has 0 radical (unpaired) electrons. The average Bonchev–Trinajstić information content (AvgIpc) is 2.81. The van der Waals surface area contributed by atoms with E-state index >= 15 is 0 Å². The Morgan fingerprint density at radius 1 is 1.45 bits per heavy atom. The molecule has 0 saturated heterocycles. The second kappa shape index (κ2) is 5.26. The second-order valence-corrected chi connectivity index (χ2v) is 5.36. The molecule has 0 atom stereocenters. The number of hydrogen-bond donors (Lipinski definition) is 2. The van der Waals surface area contributed by atoms with Gasteiger partial charge in [-0.2, -0.15) is 5.10 Å². The highest BCUT2D eigenvalue weighted by molar-refractivity contribution is 6.34. The van der Waals surface area contributed by atoms with Crippen LogP contribution >= 0.6 is 11.6 Å². The minimum atomic E-state index is -0.233. The van der Waals surface area contributed by atoms with Crippen molar-refractivity contribution >= 4 is 23.3 Å². The van der Waals surface area contributed by atoms with E-state index in [-0.39, 0.29) is 5.91 Å². The molecule has 5 nitrogen and oxygen atoms in total. The molecule has 1 aromatic carbocycles. The number of aromatic amines is 1. The molecule has 20 heavy (non-hydrogen) atoms. The lowest BCUT2D eigenvalue weighted by Gasteiger charge is -2.21. The van der Waals surface area contributed by atoms with Gasteiger partial charge in [0.25, 0.3) is 5.91 Å². The predicted molar refractivity (Wildman–Crippen MR) is 78.0 cm³/mol. The zero-order valence-electron chi connectivity index (χ0n) is 11.1. The number of likely N-dealkylation sites (N-methyl/N-ethyl adjacent to an activating group) is 1. The van der Waals surface area contributed by atoms with Gasteiger partial charge in [-0.15, -0.1) is 0 Å². The number of hydrogen-bond acceptors (Lipinski definition) is 3. The quantitative estimate of drug-likeness (QED) is 0.892. The summed E-state index contributed by atoms with van der Waals surface area (Å²) >= 11 is 6.03. The fourth-order valence-electron chi connectivity index (χ4n) is 2.38. The van der Waals surface area contributed by atoms with Gasteiger partial charge in [0, 0.05) is 18.7 Å². The van der Waals surface area contributed by atoms with Gasteiger partial charge in [0.05, 0.1) is 16.3 Å². The third-order valence-electron chi connectivity index (χ3n) is 3.47. The Morgan fingerprint density at radius 2 is 2.25 bits per heavy atom. The molecule has 2 aromatic rings. The summed E-state index contributed by atoms with van der Waals surface area (Å²) in [5.41, 5.74) is 2.61. The van der Waals surface area contributed by atoms with Crippen molar-refractivity contribution in [2.75, 3.05) is 18.9 Å². The predicted octanol–water partition coefficient (Wildman–Crippen LogP) is 2.30. The highest BCUT2D eigenvalue weighted by atomic mass is 35.5. The van der Waals surface area contributed by atoms with Gasteiger partial charge in [0.15, 0.2) is 5.82 Å². The fraction of sp³-hybridized carbons (Fsp3) is 0.286. The van der Waals surface area contributed by atoms with Crippen molar-refractivity contribution in [2.45, 2.75) is 13.0 Å². The molecule has 104 valence electrons. The molecule has 1 aromatic heterocycles. The van der Waals surface area contributed by atoms with E-state index in [0.717, 1.165) is 30.8 Å². The van der Waals surface area contributed by atoms with E-state index in [9.17, 15) is 4.79 Å². The number of aromatic nitrogens is 2. The SMILES string of the molecule is CN1CCc2c(NC(=O)c3ccccc3Cl)n[nH]c2C1. The number of halogens is 1. The Morgan fingerprint density at radius 3 is 3.05 bits per heavy atom. The van der Waals surface area contributed by atoms with Crippen molar-refractivity contribution in [3.05, 3.63) is 46.1 Å². The maximum Gasteiger partial charge on any atom is 0.258 e. The first kappa shape index (κ1) is 13.1. The monoisotopic (exact) mass is 290 g/mol. The van der Waals surface area contributed by atoms with Gasteiger partial charge in [-0.1, -0.05) is 23.7 Å². The van der Waals surface area contributed by atoms with Gasteiger partial charge in [-0.3, -0.25) is 9.89 Å². The van der Waals surface area contributed by atoms with Crippen molar-refractivity contribution < 1.29 is 4.79 Å². The van der Waals surface area contributed by atoms with Crippen LogP contribution in [0.15, 0.2) is 24.3 Å². The first-order chi connectivity index (χ1) is 9.65. The number of amides is 1. The van der Waals surface area contributed by atoms with Gasteiger partial charge in [0.1, 0.15) is 0 Å². The lowest BCUT2D eigenvalue weighted by molar-refractivity contribution is 0.102. The molecule has 2 heterocycles. The molecular weight excluding hydrogens is 276 g/mol. The van der Waals surface area contributed by atoms with Crippen LogP contribution in [0.5, 0.6) is 0 Å². The first-order valence-electron chi connectivity index (χ1n) is 6.45. The molecule has 6 heteroatoms. The van der Waals surface area contributed by atoms with Crippen molar-refractivity contribution in [3.63, 3.8) is 0 Å². The molecule has 1 amide bonds. The summed E-state index contributed by atoms with van der Waals surface area (Å²) in [5.74, 6) is 0.377. The summed E-state index contributed by atoms with van der Waals surface area (Å²) in [6.45, 7) is 1.78. The molecule has 3 rings (SSSR count). The molecule has 0 unspecified atom stereocenters. The maximum atomic E-state index is 12.2. The Labute approximate surface area is 121 Å². The largest absolute Gasteiger partial charge is 0.305 e. The van der Waals surface area contributed by atoms with Crippen molar-refractivity contribution in [1.82, 2.24) is 15.1 Å². The van der Waals surface area contributed by atoms with Crippen molar-refractivity contribution in [3.8, 4) is 0 Å². The lowest BCUT2D eigenvalue weighted by atomic mass is 10.1. The number of carbonyl (C=O) groups excluding carboxylic acids is 1. The number of nitrogens with one attached hydrogen (secondary N) is 2. The zero-order chi connectivity index (χ0) is 14.1. The molecule has 0 bridgehead atoms. The molecule has 0 aliphatic carbocycles. The van der Waals surface area contributed by atoms with E-state index in [1.165, 1.54) is 0 Å². The van der Waals surface area contributed by atoms with Crippen LogP contribution in [0.3, 0.4) is 0 Å². The normalized spacial score (nSPS) is 14.9. The van der Waals surface area contributed by atoms with E-state index in [2.05, 4.69) is 27.5 Å². The number of fused-ring (bicyclic) bond motifs is 1. The van der Waals surface area contributed by atoms with E-state index in [1.54, 1.807) is 24.3 Å². The van der Waals surface area contributed by atoms with Crippen LogP contribution in [0.1, 0.15) is 21.6 Å². The number of rotatable bonds is 2. The molecule has 1 aliphatic heterocycles. The Hall–Kier alpha value is -1.85. The van der Waals surface area contributed by atoms with Gasteiger partial charge < -0.3 is 10.2 Å². The Kier molecular flexibility index (Phi) is 3.46. The van der Waals surface area contributed by atoms with Gasteiger partial charge in [-0.05, 0) is 25.6 Å². The standard InChI is InChI=1S/C14H15ClN4O/c1-19-7-6-10-12(8-19)17-18-13(10)16-14(20)9-4-2-3-5-11(9)15/h2-5H,6-8H2,1H3,(H2,16,17,18,20). The molecule has 0 fully saturated rings. The Balaban J connectivity index is 1.82. The van der Waals surface area contributed by atoms with Crippen molar-refractivity contribution in [1.29, 1.82) is 0 Å². The number of anilines is 1. The van der Waals surface area contributed by atoms with Gasteiger partial charge in [-0.25, -0.2) is 0 Å². The third-order valence-corrected chi connectivity index (χ3v) is 3.80. The molecule has 2 N–H and O–H groups in total. The number of benzene rings is 1. The molecule has 0 spiro atoms. The van der Waals surface area contributed by atoms with E-state index in [4.69, 9.17) is 11.6 Å². The first-order valence-corrected chi connectivity index (χ1v) is 6.83. The fourth-order valence-corrected chi connectivity index (χ4v) is 2.60. The molecule has 0 saturated carbocycles. The molecule has 1 aliphatic rings. The Bertz CT molecular complexity index is 652. The van der Waals surface area contributed by atoms with Crippen LogP contribution in [0, 0.1) is 0 Å². The zero-order valence-corrected chi connectivity index (χ0v) is 11.9. The number of nitrogens with zero attached hydrogens (tertiary/aromatic N) is 2. The van der Waals surface area contributed by atoms with Crippen LogP contribution in [-0.4, -0.2) is 34.6 Å². The van der Waals surface area contributed by atoms with Gasteiger partial charge in [0.2, 0.25) is 0 Å². The molecular formula is C14H15ClN4O. The van der Waals surface area contributed by atoms with Crippen LogP contribution < -0.4 is 5.32 Å². The van der Waals surface area contributed by atoms with Crippen LogP contribution in [0.2, 0.25) is 5.02 Å². The summed E-state index contributed by atoms with van der Waals surface area (Å²) in [6, 6.07) is 6.98. The van der Waals surface area contributed by atoms with E-state index < -0.39 is 0 Å². The average molecular weight is 291 g/mol. The van der Waals surface area contributed by atoms with E-state index in [1.807, 2.05) is 0 Å². The minimum absolute atomic E-state index is 0.233. The van der Waals surface area contributed by atoms with Crippen LogP contribution in [-0.2, 0) is 13.0 Å². The van der Waals surface area contributed by atoms with Crippen LogP contribution in [0.25, 0.3) is 0 Å². The number of H-pyrrole nitrogens is 1. The lowest BCUT2D eigenvalue weighted by Crippen LogP contribution is -2.26. The van der Waals surface area contributed by atoms with E-state index in [0.29, 0.717) is 16.4 Å². The third kappa shape index (κ3) is 2.42. The smallest absolute Gasteiger partial charge is 0.258 e. The summed E-state index contributed by atoms with van der Waals surface area (Å²) in [7, 11) is 2.06. The minimum Gasteiger partial charge on any atom is -0.305 e. The number of carbonyl (C=O) groups is 1. The summed E-state index contributed by atoms with van der Waals surface area (Å²) < 4.78 is 0. The summed E-state index contributed by atoms with van der Waals surface area (Å²) in [6.07, 6.45) is 0.875. The highest BCUT2D eigenvalue weighted by Gasteiger charge is 2.21.